The molecule has 0 amide bonds. The zero-order valence-corrected chi connectivity index (χ0v) is 12.4. The van der Waals surface area contributed by atoms with E-state index < -0.39 is 4.92 Å². The summed E-state index contributed by atoms with van der Waals surface area (Å²) in [4.78, 5) is 14.4. The van der Waals surface area contributed by atoms with Crippen LogP contribution in [-0.2, 0) is 0 Å². The summed E-state index contributed by atoms with van der Waals surface area (Å²) in [7, 11) is 0. The number of hydrogen-bond donors (Lipinski definition) is 0. The molecule has 0 atom stereocenters. The van der Waals surface area contributed by atoms with Gasteiger partial charge in [0.2, 0.25) is 11.6 Å². The van der Waals surface area contributed by atoms with E-state index in [9.17, 15) is 10.1 Å². The van der Waals surface area contributed by atoms with Gasteiger partial charge in [0.15, 0.2) is 0 Å². The van der Waals surface area contributed by atoms with Gasteiger partial charge in [-0.25, -0.2) is 4.98 Å². The predicted molar refractivity (Wildman–Crippen MR) is 79.6 cm³/mol. The number of nitriles is 2. The van der Waals surface area contributed by atoms with Crippen LogP contribution in [0.4, 0.5) is 5.69 Å². The van der Waals surface area contributed by atoms with Gasteiger partial charge in [0.25, 0.3) is 0 Å². The number of rotatable bonds is 3. The molecule has 0 fully saturated rings. The minimum absolute atomic E-state index is 0.0225. The molecule has 0 unspecified atom stereocenters. The van der Waals surface area contributed by atoms with Crippen molar-refractivity contribution in [3.05, 3.63) is 55.3 Å². The molecule has 2 rings (SSSR count). The normalized spacial score (nSPS) is 9.48. The van der Waals surface area contributed by atoms with Crippen molar-refractivity contribution in [2.24, 2.45) is 0 Å². The zero-order chi connectivity index (χ0) is 15.4. The molecule has 0 spiro atoms. The van der Waals surface area contributed by atoms with Crippen molar-refractivity contribution in [3.63, 3.8) is 0 Å². The van der Waals surface area contributed by atoms with Gasteiger partial charge in [-0.2, -0.15) is 10.5 Å². The van der Waals surface area contributed by atoms with Crippen LogP contribution < -0.4 is 4.74 Å². The van der Waals surface area contributed by atoms with Crippen molar-refractivity contribution in [3.8, 4) is 23.8 Å². The standard InChI is InChI=1S/C13H5IN4O3/c14-10-4-8(6-15)5-11(18(19)20)12(10)21-13-9(7-16)2-1-3-17-13/h1-5H. The monoisotopic (exact) mass is 392 g/mol. The van der Waals surface area contributed by atoms with Crippen LogP contribution in [0, 0.1) is 36.3 Å². The number of pyridine rings is 1. The van der Waals surface area contributed by atoms with Crippen molar-refractivity contribution in [2.75, 3.05) is 0 Å². The Morgan fingerprint density at radius 2 is 2.10 bits per heavy atom. The quantitative estimate of drug-likeness (QED) is 0.451. The van der Waals surface area contributed by atoms with Crippen LogP contribution in [0.15, 0.2) is 30.5 Å². The molecular weight excluding hydrogens is 387 g/mol. The first-order valence-corrected chi connectivity index (χ1v) is 6.55. The molecular formula is C13H5IN4O3. The average molecular weight is 392 g/mol. The van der Waals surface area contributed by atoms with Gasteiger partial charge in [-0.3, -0.25) is 10.1 Å². The van der Waals surface area contributed by atoms with Crippen LogP contribution in [0.5, 0.6) is 11.6 Å². The van der Waals surface area contributed by atoms with Gasteiger partial charge in [-0.1, -0.05) is 0 Å². The van der Waals surface area contributed by atoms with Crippen LogP contribution in [-0.4, -0.2) is 9.91 Å². The maximum absolute atomic E-state index is 11.1. The average Bonchev–Trinajstić information content (AvgIpc) is 2.49. The topological polar surface area (TPSA) is 113 Å². The molecule has 2 aromatic rings. The smallest absolute Gasteiger partial charge is 0.314 e. The second kappa shape index (κ2) is 6.15. The van der Waals surface area contributed by atoms with Crippen molar-refractivity contribution in [1.29, 1.82) is 10.5 Å². The molecule has 1 heterocycles. The highest BCUT2D eigenvalue weighted by atomic mass is 127. The molecule has 0 aliphatic heterocycles. The highest BCUT2D eigenvalue weighted by Crippen LogP contribution is 2.37. The lowest BCUT2D eigenvalue weighted by molar-refractivity contribution is -0.385. The third kappa shape index (κ3) is 3.07. The van der Waals surface area contributed by atoms with Crippen LogP contribution >= 0.6 is 22.6 Å². The molecule has 0 radical (unpaired) electrons. The predicted octanol–water partition coefficient (Wildman–Crippen LogP) is 3.13. The number of halogens is 1. The third-order valence-electron chi connectivity index (χ3n) is 2.44. The van der Waals surface area contributed by atoms with Gasteiger partial charge in [0.1, 0.15) is 11.6 Å². The van der Waals surface area contributed by atoms with Crippen molar-refractivity contribution in [1.82, 2.24) is 4.98 Å². The molecule has 0 N–H and O–H groups in total. The van der Waals surface area contributed by atoms with Crippen LogP contribution in [0.1, 0.15) is 11.1 Å². The minimum Gasteiger partial charge on any atom is -0.429 e. The number of ether oxygens (including phenoxy) is 1. The first kappa shape index (κ1) is 14.7. The third-order valence-corrected chi connectivity index (χ3v) is 3.24. The Bertz CT molecular complexity index is 808. The van der Waals surface area contributed by atoms with Gasteiger partial charge < -0.3 is 4.74 Å². The van der Waals surface area contributed by atoms with E-state index in [1.165, 1.54) is 18.3 Å². The summed E-state index contributed by atoms with van der Waals surface area (Å²) < 4.78 is 5.81. The molecule has 7 nitrogen and oxygen atoms in total. The second-order valence-electron chi connectivity index (χ2n) is 3.75. The van der Waals surface area contributed by atoms with Crippen LogP contribution in [0.2, 0.25) is 0 Å². The fourth-order valence-corrected chi connectivity index (χ4v) is 2.26. The molecule has 21 heavy (non-hydrogen) atoms. The number of aromatic nitrogens is 1. The lowest BCUT2D eigenvalue weighted by Gasteiger charge is -2.08. The van der Waals surface area contributed by atoms with Crippen molar-refractivity contribution >= 4 is 28.3 Å². The van der Waals surface area contributed by atoms with E-state index in [1.54, 1.807) is 6.07 Å². The Morgan fingerprint density at radius 3 is 2.71 bits per heavy atom. The first-order chi connectivity index (χ1) is 10.1. The van der Waals surface area contributed by atoms with E-state index in [1.807, 2.05) is 34.7 Å². The van der Waals surface area contributed by atoms with Gasteiger partial charge >= 0.3 is 5.69 Å². The molecule has 1 aromatic heterocycles. The second-order valence-corrected chi connectivity index (χ2v) is 4.91. The van der Waals surface area contributed by atoms with E-state index >= 15 is 0 Å². The van der Waals surface area contributed by atoms with Gasteiger partial charge in [-0.15, -0.1) is 0 Å². The molecule has 0 bridgehead atoms. The summed E-state index contributed by atoms with van der Waals surface area (Å²) in [5, 5.41) is 29.0. The molecule has 0 aliphatic carbocycles. The number of hydrogen-bond acceptors (Lipinski definition) is 6. The Kier molecular flexibility index (Phi) is 4.30. The number of benzene rings is 1. The van der Waals surface area contributed by atoms with Gasteiger partial charge in [0, 0.05) is 12.3 Å². The SMILES string of the molecule is N#Cc1cc(I)c(Oc2ncccc2C#N)c([N+](=O)[O-])c1. The number of nitrogens with zero attached hydrogens (tertiary/aromatic N) is 4. The molecule has 0 saturated heterocycles. The molecule has 1 aromatic carbocycles. The van der Waals surface area contributed by atoms with E-state index in [4.69, 9.17) is 15.3 Å². The molecule has 0 saturated carbocycles. The summed E-state index contributed by atoms with van der Waals surface area (Å²) in [6.45, 7) is 0. The van der Waals surface area contributed by atoms with Crippen molar-refractivity contribution < 1.29 is 9.66 Å². The highest BCUT2D eigenvalue weighted by molar-refractivity contribution is 14.1. The van der Waals surface area contributed by atoms with Crippen LogP contribution in [0.3, 0.4) is 0 Å². The Hall–Kier alpha value is -2.72. The zero-order valence-electron chi connectivity index (χ0n) is 10.3. The largest absolute Gasteiger partial charge is 0.429 e. The number of nitro groups is 1. The maximum atomic E-state index is 11.1. The summed E-state index contributed by atoms with van der Waals surface area (Å²) in [5.41, 5.74) is -0.0417. The molecule has 102 valence electrons. The van der Waals surface area contributed by atoms with Crippen molar-refractivity contribution in [2.45, 2.75) is 0 Å². The molecule has 8 heteroatoms. The minimum atomic E-state index is -0.646. The fraction of sp³-hybridized carbons (Fsp3) is 0. The van der Waals surface area contributed by atoms with E-state index in [0.717, 1.165) is 6.07 Å². The fourth-order valence-electron chi connectivity index (χ4n) is 1.53. The Morgan fingerprint density at radius 1 is 1.33 bits per heavy atom. The summed E-state index contributed by atoms with van der Waals surface area (Å²) in [5.74, 6) is -0.0690. The van der Waals surface area contributed by atoms with Crippen LogP contribution in [0.25, 0.3) is 0 Å². The summed E-state index contributed by atoms with van der Waals surface area (Å²) >= 11 is 1.83. The van der Waals surface area contributed by atoms with E-state index in [-0.39, 0.29) is 28.4 Å². The highest BCUT2D eigenvalue weighted by Gasteiger charge is 2.22. The lowest BCUT2D eigenvalue weighted by atomic mass is 10.2. The van der Waals surface area contributed by atoms with E-state index in [2.05, 4.69) is 4.98 Å². The first-order valence-electron chi connectivity index (χ1n) is 5.48. The maximum Gasteiger partial charge on any atom is 0.314 e. The summed E-state index contributed by atoms with van der Waals surface area (Å²) in [6.07, 6.45) is 1.42. The van der Waals surface area contributed by atoms with E-state index in [0.29, 0.717) is 3.57 Å². The summed E-state index contributed by atoms with van der Waals surface area (Å²) in [6, 6.07) is 9.36. The van der Waals surface area contributed by atoms with Gasteiger partial charge in [0.05, 0.1) is 20.1 Å². The van der Waals surface area contributed by atoms with Gasteiger partial charge in [-0.05, 0) is 40.8 Å². The Balaban J connectivity index is 2.57. The number of nitro benzene ring substituents is 1. The Labute approximate surface area is 132 Å². The molecule has 0 aliphatic rings. The lowest BCUT2D eigenvalue weighted by Crippen LogP contribution is -1.99.